The van der Waals surface area contributed by atoms with Gasteiger partial charge in [0.05, 0.1) is 18.7 Å². The van der Waals surface area contributed by atoms with Crippen LogP contribution < -0.4 is 4.90 Å². The van der Waals surface area contributed by atoms with Crippen LogP contribution in [0.15, 0.2) is 60.7 Å². The molecule has 2 aromatic carbocycles. The maximum absolute atomic E-state index is 14.2. The van der Waals surface area contributed by atoms with Crippen molar-refractivity contribution < 1.29 is 13.9 Å². The predicted molar refractivity (Wildman–Crippen MR) is 98.7 cm³/mol. The monoisotopic (exact) mass is 379 g/mol. The Balaban J connectivity index is 1.46. The van der Waals surface area contributed by atoms with Crippen molar-refractivity contribution in [2.45, 2.75) is 5.60 Å². The van der Waals surface area contributed by atoms with Gasteiger partial charge in [-0.3, -0.25) is 0 Å². The van der Waals surface area contributed by atoms with E-state index in [2.05, 4.69) is 15.3 Å². The van der Waals surface area contributed by atoms with Gasteiger partial charge in [0, 0.05) is 0 Å². The average molecular weight is 379 g/mol. The average Bonchev–Trinajstić information content (AvgIpc) is 3.09. The van der Waals surface area contributed by atoms with Crippen molar-refractivity contribution >= 4 is 11.5 Å². The first kappa shape index (κ1) is 16.8. The summed E-state index contributed by atoms with van der Waals surface area (Å²) in [6.07, 6.45) is 0. The minimum atomic E-state index is -1.06. The van der Waals surface area contributed by atoms with Crippen LogP contribution in [0.3, 0.4) is 0 Å². The van der Waals surface area contributed by atoms with Crippen molar-refractivity contribution in [2.75, 3.05) is 18.0 Å². The number of nitrogens with zero attached hydrogens (tertiary/aromatic N) is 5. The molecule has 0 aliphatic carbocycles. The molecule has 4 aromatic rings. The van der Waals surface area contributed by atoms with Gasteiger partial charge in [0.25, 0.3) is 0 Å². The second-order valence-electron chi connectivity index (χ2n) is 6.86. The van der Waals surface area contributed by atoms with E-state index in [9.17, 15) is 13.9 Å². The minimum Gasteiger partial charge on any atom is -0.381 e. The van der Waals surface area contributed by atoms with Crippen molar-refractivity contribution in [2.24, 2.45) is 0 Å². The topological polar surface area (TPSA) is 66.5 Å². The molecule has 0 unspecified atom stereocenters. The van der Waals surface area contributed by atoms with Gasteiger partial charge in [0.1, 0.15) is 23.1 Å². The summed E-state index contributed by atoms with van der Waals surface area (Å²) >= 11 is 0. The number of halogens is 2. The van der Waals surface area contributed by atoms with E-state index in [1.807, 2.05) is 4.90 Å². The summed E-state index contributed by atoms with van der Waals surface area (Å²) < 4.78 is 28.8. The third kappa shape index (κ3) is 2.61. The van der Waals surface area contributed by atoms with Crippen LogP contribution >= 0.6 is 0 Å². The van der Waals surface area contributed by atoms with Gasteiger partial charge in [-0.15, -0.1) is 15.3 Å². The van der Waals surface area contributed by atoms with Crippen LogP contribution in [0.2, 0.25) is 0 Å². The molecule has 3 heterocycles. The molecular weight excluding hydrogens is 364 g/mol. The van der Waals surface area contributed by atoms with Crippen molar-refractivity contribution in [1.82, 2.24) is 19.8 Å². The van der Waals surface area contributed by atoms with Crippen molar-refractivity contribution in [3.8, 4) is 11.4 Å². The Kier molecular flexibility index (Phi) is 3.63. The smallest absolute Gasteiger partial charge is 0.188 e. The lowest BCUT2D eigenvalue weighted by molar-refractivity contribution is 0.00690. The normalized spacial score (nSPS) is 15.6. The van der Waals surface area contributed by atoms with Gasteiger partial charge in [-0.05, 0) is 42.0 Å². The van der Waals surface area contributed by atoms with E-state index in [0.717, 1.165) is 0 Å². The summed E-state index contributed by atoms with van der Waals surface area (Å²) in [7, 11) is 0. The van der Waals surface area contributed by atoms with E-state index < -0.39 is 11.4 Å². The fourth-order valence-electron chi connectivity index (χ4n) is 3.45. The summed E-state index contributed by atoms with van der Waals surface area (Å²) in [6, 6.07) is 15.7. The molecule has 0 saturated carbocycles. The first-order valence-electron chi connectivity index (χ1n) is 8.74. The van der Waals surface area contributed by atoms with Crippen molar-refractivity contribution in [3.05, 3.63) is 77.9 Å². The summed E-state index contributed by atoms with van der Waals surface area (Å²) in [5.74, 6) is 0.170. The maximum Gasteiger partial charge on any atom is 0.188 e. The number of benzene rings is 2. The first-order chi connectivity index (χ1) is 13.5. The SMILES string of the molecule is OC1(c2ccc(F)cc2)CN(c2ccc3nnc(-c4ccccc4F)n3n2)C1. The van der Waals surface area contributed by atoms with Crippen LogP contribution in [0.5, 0.6) is 0 Å². The van der Waals surface area contributed by atoms with Gasteiger partial charge < -0.3 is 10.0 Å². The fourth-order valence-corrected chi connectivity index (χ4v) is 3.45. The molecule has 0 radical (unpaired) electrons. The Hall–Kier alpha value is -3.39. The Morgan fingerprint density at radius 3 is 2.39 bits per heavy atom. The fraction of sp³-hybridized carbons (Fsp3) is 0.150. The molecule has 140 valence electrons. The Bertz CT molecular complexity index is 1170. The molecule has 0 spiro atoms. The molecular formula is C20H15F2N5O. The van der Waals surface area contributed by atoms with Crippen LogP contribution in [-0.2, 0) is 5.60 Å². The molecule has 1 N–H and O–H groups in total. The molecule has 1 fully saturated rings. The van der Waals surface area contributed by atoms with Crippen LogP contribution in [-0.4, -0.2) is 38.0 Å². The highest BCUT2D eigenvalue weighted by atomic mass is 19.1. The molecule has 2 aromatic heterocycles. The molecule has 8 heteroatoms. The summed E-state index contributed by atoms with van der Waals surface area (Å²) in [5.41, 5.74) is 0.399. The zero-order valence-electron chi connectivity index (χ0n) is 14.6. The van der Waals surface area contributed by atoms with E-state index in [0.29, 0.717) is 41.5 Å². The quantitative estimate of drug-likeness (QED) is 0.593. The Morgan fingerprint density at radius 1 is 0.893 bits per heavy atom. The third-order valence-corrected chi connectivity index (χ3v) is 4.97. The Labute approximate surface area is 158 Å². The van der Waals surface area contributed by atoms with Gasteiger partial charge in [0.2, 0.25) is 0 Å². The highest BCUT2D eigenvalue weighted by molar-refractivity contribution is 5.60. The number of aliphatic hydroxyl groups is 1. The minimum absolute atomic E-state index is 0.310. The number of aromatic nitrogens is 4. The molecule has 1 aliphatic rings. The van der Waals surface area contributed by atoms with E-state index in [4.69, 9.17) is 0 Å². The molecule has 0 amide bonds. The molecule has 1 aliphatic heterocycles. The number of anilines is 1. The van der Waals surface area contributed by atoms with E-state index >= 15 is 0 Å². The predicted octanol–water partition coefficient (Wildman–Crippen LogP) is 2.78. The molecule has 5 rings (SSSR count). The lowest BCUT2D eigenvalue weighted by Gasteiger charge is -2.47. The third-order valence-electron chi connectivity index (χ3n) is 4.97. The van der Waals surface area contributed by atoms with Crippen LogP contribution in [0.25, 0.3) is 17.0 Å². The Morgan fingerprint density at radius 2 is 1.64 bits per heavy atom. The molecule has 6 nitrogen and oxygen atoms in total. The van der Waals surface area contributed by atoms with E-state index in [1.54, 1.807) is 42.5 Å². The van der Waals surface area contributed by atoms with Crippen LogP contribution in [0.4, 0.5) is 14.6 Å². The number of hydrogen-bond donors (Lipinski definition) is 1. The lowest BCUT2D eigenvalue weighted by Crippen LogP contribution is -2.60. The number of rotatable bonds is 3. The molecule has 0 atom stereocenters. The maximum atomic E-state index is 14.2. The standard InChI is InChI=1S/C20H15F2N5O/c21-14-7-5-13(6-8-14)20(28)11-26(12-20)18-10-9-17-23-24-19(27(17)25-18)15-3-1-2-4-16(15)22/h1-10,28H,11-12H2. The summed E-state index contributed by atoms with van der Waals surface area (Å²) in [5, 5.41) is 23.4. The van der Waals surface area contributed by atoms with E-state index in [-0.39, 0.29) is 5.82 Å². The molecule has 1 saturated heterocycles. The number of hydrogen-bond acceptors (Lipinski definition) is 5. The molecule has 0 bridgehead atoms. The second-order valence-corrected chi connectivity index (χ2v) is 6.86. The van der Waals surface area contributed by atoms with Gasteiger partial charge in [-0.2, -0.15) is 4.52 Å². The zero-order chi connectivity index (χ0) is 19.3. The van der Waals surface area contributed by atoms with Crippen molar-refractivity contribution in [3.63, 3.8) is 0 Å². The summed E-state index contributed by atoms with van der Waals surface area (Å²) in [4.78, 5) is 1.88. The highest BCUT2D eigenvalue weighted by Gasteiger charge is 2.43. The second kappa shape index (κ2) is 6.07. The largest absolute Gasteiger partial charge is 0.381 e. The van der Waals surface area contributed by atoms with Gasteiger partial charge >= 0.3 is 0 Å². The lowest BCUT2D eigenvalue weighted by atomic mass is 9.86. The van der Waals surface area contributed by atoms with Gasteiger partial charge in [-0.25, -0.2) is 8.78 Å². The summed E-state index contributed by atoms with van der Waals surface area (Å²) in [6.45, 7) is 0.628. The van der Waals surface area contributed by atoms with Crippen LogP contribution in [0, 0.1) is 11.6 Å². The highest BCUT2D eigenvalue weighted by Crippen LogP contribution is 2.35. The van der Waals surface area contributed by atoms with Gasteiger partial charge in [0.15, 0.2) is 11.5 Å². The first-order valence-corrected chi connectivity index (χ1v) is 8.74. The van der Waals surface area contributed by atoms with Crippen molar-refractivity contribution in [1.29, 1.82) is 0 Å². The van der Waals surface area contributed by atoms with Crippen LogP contribution in [0.1, 0.15) is 5.56 Å². The number of fused-ring (bicyclic) bond motifs is 1. The number of β-amino-alcohol motifs (C(OH)–C–C–N with tert-alkyl or cyclic N) is 1. The van der Waals surface area contributed by atoms with E-state index in [1.165, 1.54) is 22.7 Å². The zero-order valence-corrected chi connectivity index (χ0v) is 14.6. The van der Waals surface area contributed by atoms with Gasteiger partial charge in [-0.1, -0.05) is 24.3 Å². The molecule has 28 heavy (non-hydrogen) atoms.